The third-order valence-electron chi connectivity index (χ3n) is 2.95. The van der Waals surface area contributed by atoms with Crippen molar-refractivity contribution in [3.8, 4) is 0 Å². The van der Waals surface area contributed by atoms with E-state index in [1.807, 2.05) is 6.21 Å². The second-order valence-electron chi connectivity index (χ2n) is 4.68. The molecule has 0 aromatic carbocycles. The quantitative estimate of drug-likeness (QED) is 0.269. The fourth-order valence-electron chi connectivity index (χ4n) is 1.91. The van der Waals surface area contributed by atoms with Crippen molar-refractivity contribution in [2.75, 3.05) is 6.54 Å². The van der Waals surface area contributed by atoms with Crippen LogP contribution in [-0.2, 0) is 0 Å². The molecule has 0 aromatic heterocycles. The Bertz CT molecular complexity index is 146. The van der Waals surface area contributed by atoms with E-state index in [0.717, 1.165) is 13.0 Å². The Hall–Kier alpha value is 0.670. The fourth-order valence-corrected chi connectivity index (χ4v) is 1.91. The van der Waals surface area contributed by atoms with E-state index in [1.165, 1.54) is 64.2 Å². The van der Waals surface area contributed by atoms with Crippen molar-refractivity contribution in [3.05, 3.63) is 0 Å². The van der Waals surface area contributed by atoms with Crippen molar-refractivity contribution in [2.45, 2.75) is 84.5 Å². The first-order valence-electron chi connectivity index (χ1n) is 7.40. The maximum atomic E-state index is 4.33. The van der Waals surface area contributed by atoms with E-state index in [1.54, 1.807) is 0 Å². The molecule has 0 aliphatic heterocycles. The zero-order chi connectivity index (χ0) is 11.9. The van der Waals surface area contributed by atoms with Gasteiger partial charge in [0.1, 0.15) is 0 Å². The van der Waals surface area contributed by atoms with Gasteiger partial charge >= 0.3 is 29.6 Å². The van der Waals surface area contributed by atoms with E-state index in [2.05, 4.69) is 18.8 Å². The zero-order valence-electron chi connectivity index (χ0n) is 11.5. The van der Waals surface area contributed by atoms with Gasteiger partial charge in [0.05, 0.1) is 0 Å². The average Bonchev–Trinajstić information content (AvgIpc) is 2.31. The fraction of sp³-hybridized carbons (Fsp3) is 0.933. The van der Waals surface area contributed by atoms with Crippen LogP contribution in [0.4, 0.5) is 0 Å². The van der Waals surface area contributed by atoms with Crippen molar-refractivity contribution in [3.63, 3.8) is 0 Å². The molecule has 0 fully saturated rings. The first kappa shape index (κ1) is 20.0. The van der Waals surface area contributed by atoms with E-state index >= 15 is 0 Å². The van der Waals surface area contributed by atoms with Crippen LogP contribution in [-0.4, -0.2) is 42.3 Å². The molecular weight excluding hydrogens is 217 g/mol. The number of nitrogens with zero attached hydrogens (tertiary/aromatic N) is 1. The van der Waals surface area contributed by atoms with Gasteiger partial charge in [-0.3, -0.25) is 4.99 Å². The number of hydrogen-bond acceptors (Lipinski definition) is 1. The van der Waals surface area contributed by atoms with Crippen molar-refractivity contribution < 1.29 is 0 Å². The molecule has 0 saturated carbocycles. The summed E-state index contributed by atoms with van der Waals surface area (Å²) in [5.41, 5.74) is 0. The Morgan fingerprint density at radius 3 is 1.65 bits per heavy atom. The summed E-state index contributed by atoms with van der Waals surface area (Å²) in [7, 11) is 0. The van der Waals surface area contributed by atoms with E-state index in [4.69, 9.17) is 0 Å². The monoisotopic (exact) mass is 249 g/mol. The van der Waals surface area contributed by atoms with Crippen LogP contribution in [0.5, 0.6) is 0 Å². The molecule has 2 heteroatoms. The minimum absolute atomic E-state index is 0. The third-order valence-corrected chi connectivity index (χ3v) is 2.95. The van der Waals surface area contributed by atoms with Crippen LogP contribution in [0.2, 0.25) is 0 Å². The summed E-state index contributed by atoms with van der Waals surface area (Å²) < 4.78 is 0. The molecule has 0 aliphatic rings. The van der Waals surface area contributed by atoms with Gasteiger partial charge in [-0.25, -0.2) is 0 Å². The molecule has 0 heterocycles. The van der Waals surface area contributed by atoms with Gasteiger partial charge in [-0.1, -0.05) is 71.6 Å². The van der Waals surface area contributed by atoms with Crippen molar-refractivity contribution in [1.29, 1.82) is 0 Å². The summed E-state index contributed by atoms with van der Waals surface area (Å²) >= 11 is 0. The summed E-state index contributed by atoms with van der Waals surface area (Å²) in [6.45, 7) is 5.47. The van der Waals surface area contributed by atoms with Crippen LogP contribution in [0.15, 0.2) is 4.99 Å². The van der Waals surface area contributed by atoms with Crippen molar-refractivity contribution in [1.82, 2.24) is 0 Å². The maximum absolute atomic E-state index is 4.33. The van der Waals surface area contributed by atoms with E-state index in [9.17, 15) is 0 Å². The van der Waals surface area contributed by atoms with E-state index in [-0.39, 0.29) is 29.6 Å². The van der Waals surface area contributed by atoms with Gasteiger partial charge in [0.15, 0.2) is 0 Å². The normalized spacial score (nSPS) is 10.7. The van der Waals surface area contributed by atoms with Gasteiger partial charge in [-0.2, -0.15) is 0 Å². The molecule has 0 aliphatic carbocycles. The molecule has 0 radical (unpaired) electrons. The molecule has 98 valence electrons. The van der Waals surface area contributed by atoms with E-state index in [0.29, 0.717) is 0 Å². The molecule has 0 atom stereocenters. The van der Waals surface area contributed by atoms with Gasteiger partial charge in [-0.05, 0) is 19.1 Å². The molecular formula is C15H32NNa. The molecule has 0 N–H and O–H groups in total. The van der Waals surface area contributed by atoms with E-state index < -0.39 is 0 Å². The van der Waals surface area contributed by atoms with Crippen LogP contribution in [0.25, 0.3) is 0 Å². The molecule has 0 aromatic rings. The predicted molar refractivity (Wildman–Crippen MR) is 82.6 cm³/mol. The van der Waals surface area contributed by atoms with Crippen LogP contribution < -0.4 is 0 Å². The minimum atomic E-state index is 0. The second-order valence-corrected chi connectivity index (χ2v) is 4.68. The van der Waals surface area contributed by atoms with Crippen molar-refractivity contribution in [2.24, 2.45) is 4.99 Å². The molecule has 0 saturated heterocycles. The summed E-state index contributed by atoms with van der Waals surface area (Å²) in [6.07, 6.45) is 17.2. The third kappa shape index (κ3) is 19.2. The van der Waals surface area contributed by atoms with Crippen LogP contribution >= 0.6 is 0 Å². The van der Waals surface area contributed by atoms with Gasteiger partial charge in [-0.15, -0.1) is 0 Å². The molecule has 0 bridgehead atoms. The van der Waals surface area contributed by atoms with Crippen molar-refractivity contribution >= 4 is 35.8 Å². The average molecular weight is 249 g/mol. The summed E-state index contributed by atoms with van der Waals surface area (Å²) in [5.74, 6) is 0. The second kappa shape index (κ2) is 19.0. The number of hydrogen-bond donors (Lipinski definition) is 0. The molecule has 1 nitrogen and oxygen atoms in total. The summed E-state index contributed by atoms with van der Waals surface area (Å²) in [6, 6.07) is 0. The van der Waals surface area contributed by atoms with Gasteiger partial charge in [0, 0.05) is 6.54 Å². The molecule has 0 unspecified atom stereocenters. The van der Waals surface area contributed by atoms with Gasteiger partial charge in [0.25, 0.3) is 0 Å². The summed E-state index contributed by atoms with van der Waals surface area (Å²) in [4.78, 5) is 4.33. The van der Waals surface area contributed by atoms with Crippen LogP contribution in [0.3, 0.4) is 0 Å². The molecule has 0 spiro atoms. The Morgan fingerprint density at radius 2 is 1.18 bits per heavy atom. The van der Waals surface area contributed by atoms with Crippen LogP contribution in [0, 0.1) is 0 Å². The first-order valence-corrected chi connectivity index (χ1v) is 7.40. The Balaban J connectivity index is 0. The number of unbranched alkanes of at least 4 members (excludes halogenated alkanes) is 9. The molecule has 0 rings (SSSR count). The Morgan fingerprint density at radius 1 is 0.706 bits per heavy atom. The SMILES string of the molecule is CCC=NCCCCCCCCCCCC.[NaH]. The Kier molecular flexibility index (Phi) is 22.4. The Labute approximate surface area is 131 Å². The topological polar surface area (TPSA) is 12.4 Å². The zero-order valence-corrected chi connectivity index (χ0v) is 11.5. The molecule has 17 heavy (non-hydrogen) atoms. The van der Waals surface area contributed by atoms with Crippen LogP contribution in [0.1, 0.15) is 84.5 Å². The van der Waals surface area contributed by atoms with Gasteiger partial charge in [0.2, 0.25) is 0 Å². The summed E-state index contributed by atoms with van der Waals surface area (Å²) in [5, 5.41) is 0. The molecule has 0 amide bonds. The number of aliphatic imine (C=N–C) groups is 1. The first-order chi connectivity index (χ1) is 7.91. The van der Waals surface area contributed by atoms with Gasteiger partial charge < -0.3 is 0 Å². The number of rotatable bonds is 12. The predicted octanol–water partition coefficient (Wildman–Crippen LogP) is 4.74. The standard InChI is InChI=1S/C15H31N.Na.H/c1-3-5-6-7-8-9-10-11-12-13-15-16-14-4-2;;/h14H,3-13,15H2,1-2H3;;.